The van der Waals surface area contributed by atoms with E-state index in [2.05, 4.69) is 5.32 Å². The maximum absolute atomic E-state index is 12.1. The molecule has 2 aromatic rings. The number of carbonyl (C=O) groups is 1. The first-order valence-corrected chi connectivity index (χ1v) is 7.35. The van der Waals surface area contributed by atoms with Gasteiger partial charge >= 0.3 is 0 Å². The SMILES string of the molecule is CCOc1ccc(OC(C)C(=O)Nc2ccc(C)cc2)cc1. The van der Waals surface area contributed by atoms with Crippen molar-refractivity contribution in [3.63, 3.8) is 0 Å². The van der Waals surface area contributed by atoms with E-state index in [0.29, 0.717) is 12.4 Å². The van der Waals surface area contributed by atoms with E-state index in [1.54, 1.807) is 19.1 Å². The monoisotopic (exact) mass is 299 g/mol. The molecular formula is C18H21NO3. The molecule has 0 aliphatic rings. The van der Waals surface area contributed by atoms with Crippen molar-refractivity contribution in [3.8, 4) is 11.5 Å². The molecule has 2 aromatic carbocycles. The Morgan fingerprint density at radius 2 is 1.64 bits per heavy atom. The van der Waals surface area contributed by atoms with Crippen LogP contribution in [0.5, 0.6) is 11.5 Å². The number of amides is 1. The number of aryl methyl sites for hydroxylation is 1. The van der Waals surface area contributed by atoms with E-state index >= 15 is 0 Å². The highest BCUT2D eigenvalue weighted by molar-refractivity contribution is 5.94. The van der Waals surface area contributed by atoms with Crippen molar-refractivity contribution in [2.24, 2.45) is 0 Å². The number of carbonyl (C=O) groups excluding carboxylic acids is 1. The van der Waals surface area contributed by atoms with E-state index in [-0.39, 0.29) is 5.91 Å². The molecular weight excluding hydrogens is 278 g/mol. The molecule has 1 N–H and O–H groups in total. The van der Waals surface area contributed by atoms with Gasteiger partial charge in [-0.1, -0.05) is 17.7 Å². The van der Waals surface area contributed by atoms with Crippen molar-refractivity contribution in [2.45, 2.75) is 26.9 Å². The zero-order chi connectivity index (χ0) is 15.9. The van der Waals surface area contributed by atoms with Gasteiger partial charge < -0.3 is 14.8 Å². The summed E-state index contributed by atoms with van der Waals surface area (Å²) in [6.45, 7) is 6.28. The van der Waals surface area contributed by atoms with Crippen LogP contribution in [-0.2, 0) is 4.79 Å². The molecule has 0 fully saturated rings. The van der Waals surface area contributed by atoms with Gasteiger partial charge in [-0.25, -0.2) is 0 Å². The molecule has 0 bridgehead atoms. The molecule has 1 unspecified atom stereocenters. The van der Waals surface area contributed by atoms with E-state index < -0.39 is 6.10 Å². The third-order valence-electron chi connectivity index (χ3n) is 3.14. The van der Waals surface area contributed by atoms with Crippen LogP contribution in [0.2, 0.25) is 0 Å². The van der Waals surface area contributed by atoms with Gasteiger partial charge in [0.15, 0.2) is 6.10 Å². The second kappa shape index (κ2) is 7.50. The number of ether oxygens (including phenoxy) is 2. The summed E-state index contributed by atoms with van der Waals surface area (Å²) in [6, 6.07) is 14.9. The smallest absolute Gasteiger partial charge is 0.265 e. The zero-order valence-electron chi connectivity index (χ0n) is 13.1. The quantitative estimate of drug-likeness (QED) is 0.882. The number of hydrogen-bond acceptors (Lipinski definition) is 3. The minimum absolute atomic E-state index is 0.183. The number of nitrogens with one attached hydrogen (secondary N) is 1. The van der Waals surface area contributed by atoms with Gasteiger partial charge in [0.05, 0.1) is 6.61 Å². The fourth-order valence-electron chi connectivity index (χ4n) is 1.92. The third-order valence-corrected chi connectivity index (χ3v) is 3.14. The van der Waals surface area contributed by atoms with Crippen molar-refractivity contribution in [1.29, 1.82) is 0 Å². The molecule has 0 aliphatic carbocycles. The van der Waals surface area contributed by atoms with Gasteiger partial charge in [0.25, 0.3) is 5.91 Å². The highest BCUT2D eigenvalue weighted by Gasteiger charge is 2.14. The largest absolute Gasteiger partial charge is 0.494 e. The predicted octanol–water partition coefficient (Wildman–Crippen LogP) is 3.80. The highest BCUT2D eigenvalue weighted by atomic mass is 16.5. The summed E-state index contributed by atoms with van der Waals surface area (Å²) in [4.78, 5) is 12.1. The van der Waals surface area contributed by atoms with Crippen LogP contribution >= 0.6 is 0 Å². The van der Waals surface area contributed by atoms with E-state index in [1.165, 1.54) is 0 Å². The van der Waals surface area contributed by atoms with Crippen LogP contribution in [0.1, 0.15) is 19.4 Å². The minimum Gasteiger partial charge on any atom is -0.494 e. The second-order valence-electron chi connectivity index (χ2n) is 5.02. The Hall–Kier alpha value is -2.49. The van der Waals surface area contributed by atoms with Crippen molar-refractivity contribution in [3.05, 3.63) is 54.1 Å². The number of rotatable bonds is 6. The van der Waals surface area contributed by atoms with Crippen LogP contribution in [0.15, 0.2) is 48.5 Å². The fraction of sp³-hybridized carbons (Fsp3) is 0.278. The Labute approximate surface area is 131 Å². The average molecular weight is 299 g/mol. The van der Waals surface area contributed by atoms with Gasteiger partial charge in [-0.3, -0.25) is 4.79 Å². The van der Waals surface area contributed by atoms with Crippen LogP contribution < -0.4 is 14.8 Å². The normalized spacial score (nSPS) is 11.6. The van der Waals surface area contributed by atoms with Gasteiger partial charge in [0, 0.05) is 5.69 Å². The summed E-state index contributed by atoms with van der Waals surface area (Å²) in [5.41, 5.74) is 1.91. The predicted molar refractivity (Wildman–Crippen MR) is 87.5 cm³/mol. The lowest BCUT2D eigenvalue weighted by atomic mass is 10.2. The van der Waals surface area contributed by atoms with Gasteiger partial charge in [0.2, 0.25) is 0 Å². The molecule has 0 radical (unpaired) electrons. The van der Waals surface area contributed by atoms with Crippen LogP contribution in [0.25, 0.3) is 0 Å². The maximum Gasteiger partial charge on any atom is 0.265 e. The number of anilines is 1. The first kappa shape index (κ1) is 15.9. The van der Waals surface area contributed by atoms with Crippen molar-refractivity contribution < 1.29 is 14.3 Å². The molecule has 1 amide bonds. The third kappa shape index (κ3) is 4.52. The second-order valence-corrected chi connectivity index (χ2v) is 5.02. The first-order chi connectivity index (χ1) is 10.6. The Bertz CT molecular complexity index is 605. The average Bonchev–Trinajstić information content (AvgIpc) is 2.51. The van der Waals surface area contributed by atoms with E-state index in [1.807, 2.05) is 50.2 Å². The molecule has 0 aliphatic heterocycles. The number of hydrogen-bond donors (Lipinski definition) is 1. The van der Waals surface area contributed by atoms with Gasteiger partial charge in [0.1, 0.15) is 11.5 Å². The lowest BCUT2D eigenvalue weighted by molar-refractivity contribution is -0.122. The van der Waals surface area contributed by atoms with E-state index in [0.717, 1.165) is 17.0 Å². The molecule has 0 saturated carbocycles. The Balaban J connectivity index is 1.91. The molecule has 0 aromatic heterocycles. The zero-order valence-corrected chi connectivity index (χ0v) is 13.1. The standard InChI is InChI=1S/C18H21NO3/c1-4-21-16-9-11-17(12-10-16)22-14(3)18(20)19-15-7-5-13(2)6-8-15/h5-12,14H,4H2,1-3H3,(H,19,20). The molecule has 4 heteroatoms. The summed E-state index contributed by atoms with van der Waals surface area (Å²) >= 11 is 0. The molecule has 0 heterocycles. The molecule has 22 heavy (non-hydrogen) atoms. The van der Waals surface area contributed by atoms with E-state index in [4.69, 9.17) is 9.47 Å². The minimum atomic E-state index is -0.584. The van der Waals surface area contributed by atoms with Crippen molar-refractivity contribution >= 4 is 11.6 Å². The lowest BCUT2D eigenvalue weighted by Crippen LogP contribution is -2.30. The maximum atomic E-state index is 12.1. The fourth-order valence-corrected chi connectivity index (χ4v) is 1.92. The summed E-state index contributed by atoms with van der Waals surface area (Å²) in [5, 5.41) is 2.83. The van der Waals surface area contributed by atoms with Crippen molar-refractivity contribution in [1.82, 2.24) is 0 Å². The summed E-state index contributed by atoms with van der Waals surface area (Å²) in [7, 11) is 0. The topological polar surface area (TPSA) is 47.6 Å². The van der Waals surface area contributed by atoms with Gasteiger partial charge in [-0.15, -0.1) is 0 Å². The lowest BCUT2D eigenvalue weighted by Gasteiger charge is -2.15. The van der Waals surface area contributed by atoms with Crippen LogP contribution in [0.4, 0.5) is 5.69 Å². The van der Waals surface area contributed by atoms with Crippen LogP contribution in [-0.4, -0.2) is 18.6 Å². The Morgan fingerprint density at radius 1 is 1.05 bits per heavy atom. The molecule has 2 rings (SSSR count). The molecule has 4 nitrogen and oxygen atoms in total. The molecule has 0 spiro atoms. The summed E-state index contributed by atoms with van der Waals surface area (Å²) < 4.78 is 11.0. The van der Waals surface area contributed by atoms with E-state index in [9.17, 15) is 4.79 Å². The van der Waals surface area contributed by atoms with Crippen LogP contribution in [0.3, 0.4) is 0 Å². The molecule has 116 valence electrons. The van der Waals surface area contributed by atoms with Crippen LogP contribution in [0, 0.1) is 6.92 Å². The Kier molecular flexibility index (Phi) is 5.42. The summed E-state index contributed by atoms with van der Waals surface area (Å²) in [6.07, 6.45) is -0.584. The Morgan fingerprint density at radius 3 is 2.23 bits per heavy atom. The first-order valence-electron chi connectivity index (χ1n) is 7.35. The number of benzene rings is 2. The van der Waals surface area contributed by atoms with Gasteiger partial charge in [-0.2, -0.15) is 0 Å². The van der Waals surface area contributed by atoms with Gasteiger partial charge in [-0.05, 0) is 57.2 Å². The molecule has 1 atom stereocenters. The summed E-state index contributed by atoms with van der Waals surface area (Å²) in [5.74, 6) is 1.24. The highest BCUT2D eigenvalue weighted by Crippen LogP contribution is 2.19. The molecule has 0 saturated heterocycles. The van der Waals surface area contributed by atoms with Crippen molar-refractivity contribution in [2.75, 3.05) is 11.9 Å².